The van der Waals surface area contributed by atoms with Crippen LogP contribution in [0.4, 0.5) is 0 Å². The Morgan fingerprint density at radius 3 is 3.10 bits per heavy atom. The van der Waals surface area contributed by atoms with Gasteiger partial charge in [-0.25, -0.2) is 0 Å². The van der Waals surface area contributed by atoms with Crippen molar-refractivity contribution in [2.24, 2.45) is 0 Å². The van der Waals surface area contributed by atoms with Crippen LogP contribution in [0.25, 0.3) is 0 Å². The highest BCUT2D eigenvalue weighted by atomic mass is 16.5. The average molecular weight is 276 g/mol. The van der Waals surface area contributed by atoms with Crippen molar-refractivity contribution in [1.29, 1.82) is 0 Å². The molecule has 1 N–H and O–H groups in total. The van der Waals surface area contributed by atoms with Gasteiger partial charge in [0, 0.05) is 45.2 Å². The minimum Gasteiger partial charge on any atom is -0.493 e. The van der Waals surface area contributed by atoms with Crippen molar-refractivity contribution >= 4 is 0 Å². The molecule has 0 radical (unpaired) electrons. The van der Waals surface area contributed by atoms with E-state index >= 15 is 0 Å². The molecule has 3 rings (SSSR count). The highest BCUT2D eigenvalue weighted by Crippen LogP contribution is 2.26. The van der Waals surface area contributed by atoms with Crippen LogP contribution in [0.1, 0.15) is 17.5 Å². The van der Waals surface area contributed by atoms with Crippen molar-refractivity contribution in [3.8, 4) is 5.75 Å². The second-order valence-corrected chi connectivity index (χ2v) is 5.92. The predicted molar refractivity (Wildman–Crippen MR) is 79.0 cm³/mol. The van der Waals surface area contributed by atoms with Gasteiger partial charge in [0.2, 0.25) is 0 Å². The molecule has 0 aliphatic carbocycles. The highest BCUT2D eigenvalue weighted by Gasteiger charge is 2.24. The van der Waals surface area contributed by atoms with Gasteiger partial charge in [0.1, 0.15) is 5.75 Å². The molecule has 0 amide bonds. The van der Waals surface area contributed by atoms with E-state index in [2.05, 4.69) is 35.0 Å². The molecule has 1 fully saturated rings. The molecule has 110 valence electrons. The van der Waals surface area contributed by atoms with Gasteiger partial charge in [0.15, 0.2) is 0 Å². The molecule has 1 atom stereocenters. The van der Waals surface area contributed by atoms with Gasteiger partial charge in [-0.3, -0.25) is 4.90 Å². The Bertz CT molecular complexity index is 464. The molecule has 0 aromatic heterocycles. The van der Waals surface area contributed by atoms with Gasteiger partial charge in [0.05, 0.1) is 6.61 Å². The molecular weight excluding hydrogens is 252 g/mol. The first-order chi connectivity index (χ1) is 9.76. The summed E-state index contributed by atoms with van der Waals surface area (Å²) in [5, 5.41) is 9.16. The van der Waals surface area contributed by atoms with E-state index in [1.807, 2.05) is 0 Å². The Hall–Kier alpha value is -1.10. The second-order valence-electron chi connectivity index (χ2n) is 5.92. The van der Waals surface area contributed by atoms with Crippen LogP contribution in [0.2, 0.25) is 0 Å². The van der Waals surface area contributed by atoms with Crippen molar-refractivity contribution < 1.29 is 9.84 Å². The molecule has 2 aliphatic heterocycles. The van der Waals surface area contributed by atoms with Gasteiger partial charge in [0.25, 0.3) is 0 Å². The third-order valence-corrected chi connectivity index (χ3v) is 4.48. The number of hydrogen-bond acceptors (Lipinski definition) is 4. The Kier molecular flexibility index (Phi) is 4.24. The monoisotopic (exact) mass is 276 g/mol. The van der Waals surface area contributed by atoms with E-state index in [0.29, 0.717) is 6.04 Å². The third-order valence-electron chi connectivity index (χ3n) is 4.48. The van der Waals surface area contributed by atoms with Crippen molar-refractivity contribution in [3.05, 3.63) is 29.3 Å². The van der Waals surface area contributed by atoms with Crippen molar-refractivity contribution in [3.63, 3.8) is 0 Å². The molecule has 4 heteroatoms. The Morgan fingerprint density at radius 2 is 2.25 bits per heavy atom. The minimum absolute atomic E-state index is 0.277. The van der Waals surface area contributed by atoms with E-state index in [1.54, 1.807) is 0 Å². The summed E-state index contributed by atoms with van der Waals surface area (Å²) in [5.41, 5.74) is 2.73. The first-order valence-electron chi connectivity index (χ1n) is 7.54. The van der Waals surface area contributed by atoms with Crippen molar-refractivity contribution in [2.75, 3.05) is 39.9 Å². The van der Waals surface area contributed by atoms with Crippen molar-refractivity contribution in [1.82, 2.24) is 9.80 Å². The maximum Gasteiger partial charge on any atom is 0.122 e. The maximum absolute atomic E-state index is 9.16. The van der Waals surface area contributed by atoms with Crippen LogP contribution in [0.15, 0.2) is 18.2 Å². The second kappa shape index (κ2) is 6.12. The number of aliphatic hydroxyl groups excluding tert-OH is 1. The number of nitrogens with zero attached hydrogens (tertiary/aromatic N) is 2. The maximum atomic E-state index is 9.16. The number of piperazine rings is 1. The fraction of sp³-hybridized carbons (Fsp3) is 0.625. The highest BCUT2D eigenvalue weighted by molar-refractivity contribution is 5.39. The number of ether oxygens (including phenoxy) is 1. The summed E-state index contributed by atoms with van der Waals surface area (Å²) in [6.45, 7) is 5.34. The van der Waals surface area contributed by atoms with Crippen molar-refractivity contribution in [2.45, 2.75) is 25.4 Å². The summed E-state index contributed by atoms with van der Waals surface area (Å²) in [7, 11) is 2.16. The van der Waals surface area contributed by atoms with Crippen LogP contribution < -0.4 is 4.74 Å². The predicted octanol–water partition coefficient (Wildman–Crippen LogP) is 1.12. The SMILES string of the molecule is CN1CCN(Cc2ccc3c(c2)CCO3)C[C@@H]1CCO. The zero-order valence-electron chi connectivity index (χ0n) is 12.2. The van der Waals surface area contributed by atoms with E-state index in [1.165, 1.54) is 11.1 Å². The smallest absolute Gasteiger partial charge is 0.122 e. The number of fused-ring (bicyclic) bond motifs is 1. The lowest BCUT2D eigenvalue weighted by molar-refractivity contribution is 0.0743. The lowest BCUT2D eigenvalue weighted by atomic mass is 10.1. The largest absolute Gasteiger partial charge is 0.493 e. The molecular formula is C16H24N2O2. The summed E-state index contributed by atoms with van der Waals surface area (Å²) in [6.07, 6.45) is 1.91. The quantitative estimate of drug-likeness (QED) is 0.894. The molecule has 1 aromatic carbocycles. The standard InChI is InChI=1S/C16H24N2O2/c1-17-6-7-18(12-15(17)4-8-19)11-13-2-3-16-14(10-13)5-9-20-16/h2-3,10,15,19H,4-9,11-12H2,1H3/t15-/m0/s1. The molecule has 2 aliphatic rings. The van der Waals surface area contributed by atoms with Crippen LogP contribution in [0.3, 0.4) is 0 Å². The van der Waals surface area contributed by atoms with E-state index in [4.69, 9.17) is 9.84 Å². The van der Waals surface area contributed by atoms with Gasteiger partial charge >= 0.3 is 0 Å². The van der Waals surface area contributed by atoms with Gasteiger partial charge < -0.3 is 14.7 Å². The fourth-order valence-corrected chi connectivity index (χ4v) is 3.21. The summed E-state index contributed by atoms with van der Waals surface area (Å²) in [4.78, 5) is 4.86. The van der Waals surface area contributed by atoms with Crippen LogP contribution in [0.5, 0.6) is 5.75 Å². The van der Waals surface area contributed by atoms with Gasteiger partial charge in [-0.15, -0.1) is 0 Å². The fourth-order valence-electron chi connectivity index (χ4n) is 3.21. The van der Waals surface area contributed by atoms with Gasteiger partial charge in [-0.1, -0.05) is 12.1 Å². The summed E-state index contributed by atoms with van der Waals surface area (Å²) in [5.74, 6) is 1.06. The molecule has 20 heavy (non-hydrogen) atoms. The molecule has 4 nitrogen and oxygen atoms in total. The minimum atomic E-state index is 0.277. The molecule has 0 spiro atoms. The zero-order valence-corrected chi connectivity index (χ0v) is 12.2. The van der Waals surface area contributed by atoms with Gasteiger partial charge in [-0.05, 0) is 30.7 Å². The van der Waals surface area contributed by atoms with Crippen LogP contribution >= 0.6 is 0 Å². The number of aliphatic hydroxyl groups is 1. The van der Waals surface area contributed by atoms with Crippen LogP contribution in [-0.4, -0.2) is 60.8 Å². The third kappa shape index (κ3) is 2.97. The number of hydrogen-bond donors (Lipinski definition) is 1. The van der Waals surface area contributed by atoms with E-state index in [-0.39, 0.29) is 6.61 Å². The molecule has 0 saturated carbocycles. The number of likely N-dealkylation sites (N-methyl/N-ethyl adjacent to an activating group) is 1. The molecule has 1 aromatic rings. The summed E-state index contributed by atoms with van der Waals surface area (Å²) >= 11 is 0. The van der Waals surface area contributed by atoms with Crippen LogP contribution in [0, 0.1) is 0 Å². The average Bonchev–Trinajstić information content (AvgIpc) is 2.90. The summed E-state index contributed by atoms with van der Waals surface area (Å²) in [6, 6.07) is 7.07. The van der Waals surface area contributed by atoms with Crippen LogP contribution in [-0.2, 0) is 13.0 Å². The first-order valence-corrected chi connectivity index (χ1v) is 7.54. The Morgan fingerprint density at radius 1 is 1.35 bits per heavy atom. The normalized spacial score (nSPS) is 23.6. The van der Waals surface area contributed by atoms with Gasteiger partial charge in [-0.2, -0.15) is 0 Å². The van der Waals surface area contributed by atoms with E-state index in [9.17, 15) is 0 Å². The molecule has 0 bridgehead atoms. The Balaban J connectivity index is 1.62. The number of benzene rings is 1. The molecule has 1 saturated heterocycles. The Labute approximate surface area is 120 Å². The zero-order chi connectivity index (χ0) is 13.9. The molecule has 0 unspecified atom stereocenters. The van der Waals surface area contributed by atoms with E-state index in [0.717, 1.165) is 51.4 Å². The first kappa shape index (κ1) is 13.9. The topological polar surface area (TPSA) is 35.9 Å². The molecule has 2 heterocycles. The number of rotatable bonds is 4. The van der Waals surface area contributed by atoms with E-state index < -0.39 is 0 Å². The lowest BCUT2D eigenvalue weighted by Gasteiger charge is -2.39. The summed E-state index contributed by atoms with van der Waals surface area (Å²) < 4.78 is 5.56. The lowest BCUT2D eigenvalue weighted by Crippen LogP contribution is -2.51.